The van der Waals surface area contributed by atoms with Crippen LogP contribution < -0.4 is 5.73 Å². The third-order valence-corrected chi connectivity index (χ3v) is 5.54. The number of nitriles is 1. The summed E-state index contributed by atoms with van der Waals surface area (Å²) in [5.41, 5.74) is 1.35. The fourth-order valence-corrected chi connectivity index (χ4v) is 3.94. The first-order valence-corrected chi connectivity index (χ1v) is 8.88. The summed E-state index contributed by atoms with van der Waals surface area (Å²) in [5, 5.41) is 35.4. The molecule has 4 N–H and O–H groups in total. The van der Waals surface area contributed by atoms with Gasteiger partial charge in [-0.15, -0.1) is 0 Å². The molecule has 0 spiro atoms. The number of aliphatic hydroxyl groups excluding tert-OH is 1. The van der Waals surface area contributed by atoms with Gasteiger partial charge in [-0.3, -0.25) is 0 Å². The zero-order chi connectivity index (χ0) is 21.3. The fourth-order valence-electron chi connectivity index (χ4n) is 3.94. The van der Waals surface area contributed by atoms with Crippen molar-refractivity contribution in [1.82, 2.24) is 14.6 Å². The minimum absolute atomic E-state index is 0.173. The fraction of sp³-hybridized carbons (Fsp3) is 0.263. The molecular weight excluding hydrogens is 397 g/mol. The number of anilines is 1. The standard InChI is InChI=1S/C19H14FN5O5/c20-10-6-11(25-12(10)15(22)23-8-24-25)18(7-21)17(27)19(28)13(14(19)30-18)29-16(26)9-4-2-1-3-5-9/h1-6,8,13-14,17,27-28H,(H2,22,23,24)/t13?,14-,17+,18+,19-/m1/s1. The van der Waals surface area contributed by atoms with Gasteiger partial charge >= 0.3 is 5.97 Å². The first-order valence-electron chi connectivity index (χ1n) is 8.88. The highest BCUT2D eigenvalue weighted by Crippen LogP contribution is 2.59. The molecule has 2 aliphatic rings. The summed E-state index contributed by atoms with van der Waals surface area (Å²) < 4.78 is 26.3. The quantitative estimate of drug-likeness (QED) is 0.501. The van der Waals surface area contributed by atoms with Crippen LogP contribution in [0.4, 0.5) is 10.2 Å². The molecule has 152 valence electrons. The van der Waals surface area contributed by atoms with Crippen molar-refractivity contribution in [2.75, 3.05) is 5.73 Å². The molecule has 1 saturated heterocycles. The minimum atomic E-state index is -2.16. The molecule has 2 aromatic heterocycles. The van der Waals surface area contributed by atoms with Gasteiger partial charge in [0.25, 0.3) is 0 Å². The van der Waals surface area contributed by atoms with Crippen LogP contribution in [0.25, 0.3) is 5.52 Å². The van der Waals surface area contributed by atoms with E-state index in [0.717, 1.165) is 16.9 Å². The second-order valence-electron chi connectivity index (χ2n) is 7.15. The maximum Gasteiger partial charge on any atom is 0.338 e. The first kappa shape index (κ1) is 18.4. The van der Waals surface area contributed by atoms with Crippen LogP contribution in [0.1, 0.15) is 16.1 Å². The van der Waals surface area contributed by atoms with Gasteiger partial charge in [-0.1, -0.05) is 18.2 Å². The summed E-state index contributed by atoms with van der Waals surface area (Å²) in [6.07, 6.45) is -3.19. The summed E-state index contributed by atoms with van der Waals surface area (Å²) in [7, 11) is 0. The van der Waals surface area contributed by atoms with Crippen molar-refractivity contribution in [2.24, 2.45) is 0 Å². The largest absolute Gasteiger partial charge is 0.453 e. The zero-order valence-corrected chi connectivity index (χ0v) is 15.1. The maximum atomic E-state index is 14.4. The number of nitrogens with two attached hydrogens (primary N) is 1. The third kappa shape index (κ3) is 2.18. The lowest BCUT2D eigenvalue weighted by atomic mass is 9.90. The number of rotatable bonds is 3. The van der Waals surface area contributed by atoms with Crippen LogP contribution in [0.15, 0.2) is 42.7 Å². The van der Waals surface area contributed by atoms with E-state index in [1.54, 1.807) is 24.3 Å². The first-order chi connectivity index (χ1) is 14.3. The van der Waals surface area contributed by atoms with Crippen molar-refractivity contribution in [3.05, 3.63) is 59.8 Å². The van der Waals surface area contributed by atoms with Gasteiger partial charge in [-0.05, 0) is 12.1 Å². The Hall–Kier alpha value is -3.59. The highest BCUT2D eigenvalue weighted by atomic mass is 19.1. The highest BCUT2D eigenvalue weighted by Gasteiger charge is 2.84. The van der Waals surface area contributed by atoms with E-state index in [9.17, 15) is 24.7 Å². The molecule has 2 fully saturated rings. The Morgan fingerprint density at radius 1 is 1.40 bits per heavy atom. The van der Waals surface area contributed by atoms with Crippen molar-refractivity contribution in [1.29, 1.82) is 5.26 Å². The Morgan fingerprint density at radius 3 is 2.77 bits per heavy atom. The Balaban J connectivity index is 1.48. The molecule has 0 bridgehead atoms. The van der Waals surface area contributed by atoms with Gasteiger partial charge in [-0.25, -0.2) is 18.7 Å². The van der Waals surface area contributed by atoms with Crippen LogP contribution in [-0.4, -0.2) is 54.7 Å². The predicted octanol–water partition coefficient (Wildman–Crippen LogP) is -0.101. The van der Waals surface area contributed by atoms with Gasteiger partial charge in [0.05, 0.1) is 11.3 Å². The van der Waals surface area contributed by atoms with Gasteiger partial charge in [0.1, 0.15) is 30.1 Å². The molecule has 5 atom stereocenters. The van der Waals surface area contributed by atoms with Gasteiger partial charge in [0.2, 0.25) is 5.60 Å². The Bertz CT molecular complexity index is 1230. The SMILES string of the molecule is N#C[C@@]1(c2cc(F)c3c(N)ncnn23)O[C@@H]2C(OC(=O)c3ccccc3)[C@]2(O)[C@H]1O. The highest BCUT2D eigenvalue weighted by molar-refractivity contribution is 5.89. The number of carbonyl (C=O) groups excluding carboxylic acids is 1. The van der Waals surface area contributed by atoms with E-state index in [0.29, 0.717) is 0 Å². The smallest absolute Gasteiger partial charge is 0.338 e. The monoisotopic (exact) mass is 411 g/mol. The molecular formula is C19H14FN5O5. The number of halogens is 1. The van der Waals surface area contributed by atoms with E-state index < -0.39 is 41.3 Å². The molecule has 0 radical (unpaired) electrons. The van der Waals surface area contributed by atoms with Crippen LogP contribution in [0.2, 0.25) is 0 Å². The summed E-state index contributed by atoms with van der Waals surface area (Å²) in [6, 6.07) is 10.8. The number of fused-ring (bicyclic) bond motifs is 2. The van der Waals surface area contributed by atoms with Gasteiger partial charge in [-0.2, -0.15) is 10.4 Å². The molecule has 1 unspecified atom stereocenters. The van der Waals surface area contributed by atoms with Crippen molar-refractivity contribution >= 4 is 17.3 Å². The van der Waals surface area contributed by atoms with Crippen LogP contribution >= 0.6 is 0 Å². The van der Waals surface area contributed by atoms with Crippen LogP contribution in [-0.2, 0) is 15.1 Å². The Kier molecular flexibility index (Phi) is 3.66. The topological polar surface area (TPSA) is 156 Å². The number of esters is 1. The van der Waals surface area contributed by atoms with E-state index in [1.165, 1.54) is 12.1 Å². The molecule has 30 heavy (non-hydrogen) atoms. The zero-order valence-electron chi connectivity index (χ0n) is 15.1. The molecule has 3 heterocycles. The van der Waals surface area contributed by atoms with Crippen molar-refractivity contribution < 1.29 is 28.9 Å². The average molecular weight is 411 g/mol. The number of aromatic nitrogens is 3. The number of nitrogen functional groups attached to an aromatic ring is 1. The normalized spacial score (nSPS) is 31.9. The lowest BCUT2D eigenvalue weighted by molar-refractivity contribution is -0.109. The second-order valence-corrected chi connectivity index (χ2v) is 7.15. The predicted molar refractivity (Wildman–Crippen MR) is 96.1 cm³/mol. The Labute approximate surface area is 167 Å². The summed E-state index contributed by atoms with van der Waals surface area (Å²) in [4.78, 5) is 16.0. The average Bonchev–Trinajstić information content (AvgIpc) is 3.02. The van der Waals surface area contributed by atoms with Gasteiger partial charge < -0.3 is 25.4 Å². The molecule has 1 saturated carbocycles. The molecule has 1 aromatic carbocycles. The van der Waals surface area contributed by atoms with Gasteiger partial charge in [0, 0.05) is 6.07 Å². The Morgan fingerprint density at radius 2 is 2.13 bits per heavy atom. The number of carbonyl (C=O) groups is 1. The second kappa shape index (κ2) is 5.96. The molecule has 11 heteroatoms. The van der Waals surface area contributed by atoms with E-state index >= 15 is 0 Å². The summed E-state index contributed by atoms with van der Waals surface area (Å²) in [5.74, 6) is -1.72. The van der Waals surface area contributed by atoms with Crippen molar-refractivity contribution in [2.45, 2.75) is 29.5 Å². The molecule has 1 aliphatic heterocycles. The number of ether oxygens (including phenoxy) is 2. The number of hydrogen-bond donors (Lipinski definition) is 3. The molecule has 5 rings (SSSR count). The van der Waals surface area contributed by atoms with E-state index in [2.05, 4.69) is 10.1 Å². The maximum absolute atomic E-state index is 14.4. The van der Waals surface area contributed by atoms with Crippen molar-refractivity contribution in [3.63, 3.8) is 0 Å². The van der Waals surface area contributed by atoms with Crippen LogP contribution in [0.3, 0.4) is 0 Å². The number of hydrogen-bond acceptors (Lipinski definition) is 9. The number of benzene rings is 1. The lowest BCUT2D eigenvalue weighted by Gasteiger charge is -2.29. The van der Waals surface area contributed by atoms with Crippen LogP contribution in [0, 0.1) is 17.1 Å². The summed E-state index contributed by atoms with van der Waals surface area (Å²) >= 11 is 0. The van der Waals surface area contributed by atoms with E-state index in [4.69, 9.17) is 15.2 Å². The van der Waals surface area contributed by atoms with E-state index in [1.807, 2.05) is 0 Å². The molecule has 1 aliphatic carbocycles. The third-order valence-electron chi connectivity index (χ3n) is 5.54. The molecule has 10 nitrogen and oxygen atoms in total. The van der Waals surface area contributed by atoms with Gasteiger partial charge in [0.15, 0.2) is 23.3 Å². The number of aliphatic hydroxyl groups is 2. The minimum Gasteiger partial charge on any atom is -0.453 e. The lowest BCUT2D eigenvalue weighted by Crippen LogP contribution is -2.47. The number of nitrogens with zero attached hydrogens (tertiary/aromatic N) is 4. The molecule has 3 aromatic rings. The van der Waals surface area contributed by atoms with E-state index in [-0.39, 0.29) is 22.6 Å². The molecule has 0 amide bonds. The van der Waals surface area contributed by atoms with Crippen molar-refractivity contribution in [3.8, 4) is 6.07 Å². The van der Waals surface area contributed by atoms with Crippen LogP contribution in [0.5, 0.6) is 0 Å². The summed E-state index contributed by atoms with van der Waals surface area (Å²) in [6.45, 7) is 0.